The molecule has 0 nitrogen and oxygen atoms in total. The van der Waals surface area contributed by atoms with Gasteiger partial charge in [-0.1, -0.05) is 63.1 Å². The van der Waals surface area contributed by atoms with Crippen LogP contribution in [0.5, 0.6) is 0 Å². The van der Waals surface area contributed by atoms with Crippen molar-refractivity contribution in [1.82, 2.24) is 0 Å². The molecular formula is C8H18S4. The van der Waals surface area contributed by atoms with E-state index in [0.29, 0.717) is 9.49 Å². The maximum atomic E-state index is 2.24. The van der Waals surface area contributed by atoms with Crippen LogP contribution in [0.15, 0.2) is 0 Å². The van der Waals surface area contributed by atoms with Crippen LogP contribution in [0.25, 0.3) is 0 Å². The molecule has 12 heavy (non-hydrogen) atoms. The molecule has 4 heteroatoms. The Morgan fingerprint density at radius 2 is 0.833 bits per heavy atom. The van der Waals surface area contributed by atoms with Crippen molar-refractivity contribution in [3.63, 3.8) is 0 Å². The minimum Gasteiger partial charge on any atom is -0.0757 e. The SMILES string of the molecule is CC(C)(C)SSSSC(C)(C)C. The standard InChI is InChI=1S/C8H18S4/c1-7(2,3)9-11-12-10-8(4,5)6/h1-6H3. The third-order valence-electron chi connectivity index (χ3n) is 0.596. The van der Waals surface area contributed by atoms with Crippen LogP contribution in [-0.2, 0) is 0 Å². The fourth-order valence-electron chi connectivity index (χ4n) is 0.232. The van der Waals surface area contributed by atoms with E-state index in [2.05, 4.69) is 41.5 Å². The average Bonchev–Trinajstić information content (AvgIpc) is 1.76. The van der Waals surface area contributed by atoms with E-state index in [1.54, 1.807) is 0 Å². The van der Waals surface area contributed by atoms with E-state index in [1.165, 1.54) is 0 Å². The molecule has 0 saturated carbocycles. The molecular weight excluding hydrogens is 224 g/mol. The van der Waals surface area contributed by atoms with E-state index in [0.717, 1.165) is 0 Å². The van der Waals surface area contributed by atoms with E-state index < -0.39 is 0 Å². The zero-order valence-corrected chi connectivity index (χ0v) is 11.9. The normalized spacial score (nSPS) is 13.5. The molecule has 0 aromatic heterocycles. The second-order valence-corrected chi connectivity index (χ2v) is 11.8. The van der Waals surface area contributed by atoms with Crippen LogP contribution in [-0.4, -0.2) is 9.49 Å². The summed E-state index contributed by atoms with van der Waals surface area (Å²) in [5, 5.41) is 0. The lowest BCUT2D eigenvalue weighted by Gasteiger charge is -2.18. The summed E-state index contributed by atoms with van der Waals surface area (Å²) in [6.07, 6.45) is 0. The lowest BCUT2D eigenvalue weighted by atomic mass is 10.3. The van der Waals surface area contributed by atoms with Crippen molar-refractivity contribution in [3.8, 4) is 0 Å². The van der Waals surface area contributed by atoms with Crippen molar-refractivity contribution >= 4 is 41.2 Å². The molecule has 0 atom stereocenters. The third kappa shape index (κ3) is 11.4. The van der Waals surface area contributed by atoms with Crippen molar-refractivity contribution in [2.75, 3.05) is 0 Å². The minimum absolute atomic E-state index is 0.371. The summed E-state index contributed by atoms with van der Waals surface area (Å²) in [6.45, 7) is 13.5. The zero-order chi connectivity index (χ0) is 9.83. The van der Waals surface area contributed by atoms with Crippen LogP contribution in [0, 0.1) is 0 Å². The molecule has 0 aliphatic heterocycles. The molecule has 0 spiro atoms. The molecule has 0 fully saturated rings. The topological polar surface area (TPSA) is 0 Å². The number of rotatable bonds is 3. The summed E-state index contributed by atoms with van der Waals surface area (Å²) in [4.78, 5) is 0. The number of hydrogen-bond acceptors (Lipinski definition) is 4. The van der Waals surface area contributed by atoms with Crippen molar-refractivity contribution in [1.29, 1.82) is 0 Å². The van der Waals surface area contributed by atoms with Gasteiger partial charge in [0.15, 0.2) is 0 Å². The van der Waals surface area contributed by atoms with E-state index in [-0.39, 0.29) is 0 Å². The minimum atomic E-state index is 0.371. The highest BCUT2D eigenvalue weighted by Gasteiger charge is 2.14. The van der Waals surface area contributed by atoms with Gasteiger partial charge in [0.25, 0.3) is 0 Å². The Kier molecular flexibility index (Phi) is 5.94. The Hall–Kier alpha value is 1.40. The van der Waals surface area contributed by atoms with Crippen molar-refractivity contribution < 1.29 is 0 Å². The second kappa shape index (κ2) is 5.32. The molecule has 0 rings (SSSR count). The molecule has 0 aromatic rings. The molecule has 0 heterocycles. The molecule has 0 aliphatic carbocycles. The van der Waals surface area contributed by atoms with E-state index >= 15 is 0 Å². The van der Waals surface area contributed by atoms with Gasteiger partial charge in [0.1, 0.15) is 0 Å². The van der Waals surface area contributed by atoms with E-state index in [4.69, 9.17) is 0 Å². The quantitative estimate of drug-likeness (QED) is 0.489. The molecule has 0 bridgehead atoms. The van der Waals surface area contributed by atoms with Gasteiger partial charge >= 0.3 is 0 Å². The zero-order valence-electron chi connectivity index (χ0n) is 8.63. The first-order chi connectivity index (χ1) is 5.21. The van der Waals surface area contributed by atoms with Crippen LogP contribution >= 0.6 is 41.2 Å². The van der Waals surface area contributed by atoms with Crippen LogP contribution in [0.4, 0.5) is 0 Å². The Morgan fingerprint density at radius 3 is 1.00 bits per heavy atom. The van der Waals surface area contributed by atoms with Gasteiger partial charge in [-0.25, -0.2) is 0 Å². The van der Waals surface area contributed by atoms with Gasteiger partial charge < -0.3 is 0 Å². The predicted octanol–water partition coefficient (Wildman–Crippen LogP) is 5.26. The van der Waals surface area contributed by atoms with Gasteiger partial charge in [0.05, 0.1) is 0 Å². The number of hydrogen-bond donors (Lipinski definition) is 0. The van der Waals surface area contributed by atoms with Crippen molar-refractivity contribution in [2.24, 2.45) is 0 Å². The lowest BCUT2D eigenvalue weighted by Crippen LogP contribution is -2.05. The van der Waals surface area contributed by atoms with Gasteiger partial charge in [0, 0.05) is 9.49 Å². The van der Waals surface area contributed by atoms with Gasteiger partial charge in [-0.2, -0.15) is 0 Å². The monoisotopic (exact) mass is 242 g/mol. The summed E-state index contributed by atoms with van der Waals surface area (Å²) in [7, 11) is 7.63. The maximum absolute atomic E-state index is 2.24. The first-order valence-corrected chi connectivity index (χ1v) is 8.72. The Labute approximate surface area is 92.0 Å². The summed E-state index contributed by atoms with van der Waals surface area (Å²) >= 11 is 0. The first-order valence-electron chi connectivity index (χ1n) is 3.91. The Balaban J connectivity index is 3.35. The van der Waals surface area contributed by atoms with Crippen LogP contribution in [0.2, 0.25) is 0 Å². The molecule has 0 saturated heterocycles. The van der Waals surface area contributed by atoms with Crippen LogP contribution in [0.1, 0.15) is 41.5 Å². The van der Waals surface area contributed by atoms with Gasteiger partial charge in [-0.15, -0.1) is 0 Å². The molecule has 74 valence electrons. The second-order valence-electron chi connectivity index (χ2n) is 4.53. The fourth-order valence-corrected chi connectivity index (χ4v) is 7.76. The van der Waals surface area contributed by atoms with E-state index in [1.807, 2.05) is 41.2 Å². The van der Waals surface area contributed by atoms with Gasteiger partial charge in [-0.05, 0) is 19.7 Å². The molecule has 0 unspecified atom stereocenters. The molecule has 0 amide bonds. The predicted molar refractivity (Wildman–Crippen MR) is 69.9 cm³/mol. The highest BCUT2D eigenvalue weighted by molar-refractivity contribution is 9.26. The highest BCUT2D eigenvalue weighted by atomic mass is 33.7. The van der Waals surface area contributed by atoms with Crippen molar-refractivity contribution in [3.05, 3.63) is 0 Å². The van der Waals surface area contributed by atoms with Crippen LogP contribution in [0.3, 0.4) is 0 Å². The molecule has 0 aliphatic rings. The van der Waals surface area contributed by atoms with Gasteiger partial charge in [0.2, 0.25) is 0 Å². The third-order valence-corrected chi connectivity index (χ3v) is 8.59. The Morgan fingerprint density at radius 1 is 0.583 bits per heavy atom. The van der Waals surface area contributed by atoms with Crippen LogP contribution < -0.4 is 0 Å². The Bertz CT molecular complexity index is 104. The molecule has 0 aromatic carbocycles. The lowest BCUT2D eigenvalue weighted by molar-refractivity contribution is 0.810. The summed E-state index contributed by atoms with van der Waals surface area (Å²) < 4.78 is 0.742. The summed E-state index contributed by atoms with van der Waals surface area (Å²) in [5.74, 6) is 0. The van der Waals surface area contributed by atoms with E-state index in [9.17, 15) is 0 Å². The summed E-state index contributed by atoms with van der Waals surface area (Å²) in [6, 6.07) is 0. The highest BCUT2D eigenvalue weighted by Crippen LogP contribution is 2.51. The fraction of sp³-hybridized carbons (Fsp3) is 1.00. The smallest absolute Gasteiger partial charge is 0.0187 e. The van der Waals surface area contributed by atoms with Gasteiger partial charge in [-0.3, -0.25) is 0 Å². The molecule has 0 radical (unpaired) electrons. The van der Waals surface area contributed by atoms with Crippen molar-refractivity contribution in [2.45, 2.75) is 51.0 Å². The summed E-state index contributed by atoms with van der Waals surface area (Å²) in [5.41, 5.74) is 0. The average molecular weight is 242 g/mol. The first kappa shape index (κ1) is 13.4. The molecule has 0 N–H and O–H groups in total. The maximum Gasteiger partial charge on any atom is 0.0187 e. The largest absolute Gasteiger partial charge is 0.0757 e.